The number of nitrogens with one attached hydrogen (secondary N) is 3. The second-order valence-electron chi connectivity index (χ2n) is 29.1. The topological polar surface area (TPSA) is 112 Å². The SMILES string of the molecule is C1=C(c2cccc(-c3cccnc3)c2)NC(C2=c3ccccc3=CCC2)=NC1c1cccc(-c2ccccc2)c1.C1=CCCC(C2=NC(c3cccc(-c4ccccc4)c3)C=C(c3cccc(-c4cncc5ccccc45)c3)N2)=C1.[2H]C1=C([2H])C([2H])C([2H])C(C2=NC(c3cccc(-c4ccccc4)c3)C=C(c3cccc(-c4cccnc4)c3)N2)=C1[2H]. The summed E-state index contributed by atoms with van der Waals surface area (Å²) in [5.41, 5.74) is 25.5. The van der Waals surface area contributed by atoms with Crippen molar-refractivity contribution in [2.45, 2.75) is 56.6 Å². The van der Waals surface area contributed by atoms with Gasteiger partial charge in [0.05, 0.1) is 22.2 Å². The van der Waals surface area contributed by atoms with E-state index in [4.69, 9.17) is 21.8 Å². The van der Waals surface area contributed by atoms with E-state index in [1.54, 1.807) is 6.20 Å². The maximum absolute atomic E-state index is 8.71. The molecule has 9 heteroatoms. The lowest BCUT2D eigenvalue weighted by Crippen LogP contribution is -2.37. The Morgan fingerprint density at radius 1 is 0.353 bits per heavy atom. The lowest BCUT2D eigenvalue weighted by Gasteiger charge is -2.26. The van der Waals surface area contributed by atoms with E-state index in [2.05, 4.69) is 310 Å². The summed E-state index contributed by atoms with van der Waals surface area (Å²) in [4.78, 5) is 28.6. The van der Waals surface area contributed by atoms with Crippen molar-refractivity contribution in [2.24, 2.45) is 15.0 Å². The number of hydrogen-bond donors (Lipinski definition) is 3. The van der Waals surface area contributed by atoms with Gasteiger partial charge in [-0.25, -0.2) is 0 Å². The Hall–Kier alpha value is -14.5. The summed E-state index contributed by atoms with van der Waals surface area (Å²) in [7, 11) is 0. The Labute approximate surface area is 685 Å². The molecule has 3 aromatic heterocycles. The molecular formula is C107H85N9. The van der Waals surface area contributed by atoms with Gasteiger partial charge in [-0.15, -0.1) is 0 Å². The van der Waals surface area contributed by atoms with Crippen LogP contribution in [0.5, 0.6) is 0 Å². The molecule has 0 spiro atoms. The molecule has 0 saturated carbocycles. The molecule has 5 atom stereocenters. The summed E-state index contributed by atoms with van der Waals surface area (Å²) in [6.07, 6.45) is 28.1. The fraction of sp³-hybridized carbons (Fsp3) is 0.0841. The van der Waals surface area contributed by atoms with Gasteiger partial charge in [-0.3, -0.25) is 29.9 Å². The molecule has 9 nitrogen and oxygen atoms in total. The first kappa shape index (κ1) is 67.2. The van der Waals surface area contributed by atoms with Gasteiger partial charge in [0.1, 0.15) is 17.5 Å². The van der Waals surface area contributed by atoms with Gasteiger partial charge in [-0.1, -0.05) is 303 Å². The molecule has 3 aliphatic heterocycles. The van der Waals surface area contributed by atoms with Crippen LogP contribution in [-0.4, -0.2) is 32.5 Å². The van der Waals surface area contributed by atoms with Gasteiger partial charge in [0.2, 0.25) is 0 Å². The van der Waals surface area contributed by atoms with E-state index in [1.165, 1.54) is 60.4 Å². The molecule has 0 radical (unpaired) electrons. The molecule has 0 saturated heterocycles. The summed E-state index contributed by atoms with van der Waals surface area (Å²) < 4.78 is 42.0. The molecule has 20 rings (SSSR count). The minimum absolute atomic E-state index is 0.0930. The third-order valence-electron chi connectivity index (χ3n) is 21.5. The number of pyridine rings is 3. The van der Waals surface area contributed by atoms with E-state index in [9.17, 15) is 0 Å². The maximum Gasteiger partial charge on any atom is 0.130 e. The van der Waals surface area contributed by atoms with Crippen molar-refractivity contribution in [3.8, 4) is 66.8 Å². The fourth-order valence-electron chi connectivity index (χ4n) is 15.6. The smallest absolute Gasteiger partial charge is 0.130 e. The number of hydrogen-bond acceptors (Lipinski definition) is 9. The molecule has 11 aromatic carbocycles. The van der Waals surface area contributed by atoms with Gasteiger partial charge < -0.3 is 16.0 Å². The Balaban J connectivity index is 0.000000124. The molecule has 0 fully saturated rings. The third-order valence-corrected chi connectivity index (χ3v) is 21.5. The predicted octanol–water partition coefficient (Wildman–Crippen LogP) is 23.6. The number of nitrogens with zero attached hydrogens (tertiary/aromatic N) is 6. The van der Waals surface area contributed by atoms with Crippen molar-refractivity contribution in [3.05, 3.63) is 456 Å². The first-order valence-electron chi connectivity index (χ1n) is 42.2. The first-order chi connectivity index (χ1) is 59.5. The summed E-state index contributed by atoms with van der Waals surface area (Å²) >= 11 is 0. The molecule has 0 bridgehead atoms. The number of fused-ring (bicyclic) bond motifs is 2. The fourth-order valence-corrected chi connectivity index (χ4v) is 15.6. The van der Waals surface area contributed by atoms with Gasteiger partial charge in [0.25, 0.3) is 0 Å². The van der Waals surface area contributed by atoms with Crippen LogP contribution in [0.4, 0.5) is 0 Å². The van der Waals surface area contributed by atoms with Gasteiger partial charge >= 0.3 is 0 Å². The minimum atomic E-state index is -1.26. The molecular weight excluding hydrogens is 1410 g/mol. The molecule has 558 valence electrons. The third kappa shape index (κ3) is 16.8. The highest BCUT2D eigenvalue weighted by atomic mass is 15.1. The summed E-state index contributed by atoms with van der Waals surface area (Å²) in [5.74, 6) is 2.19. The number of rotatable bonds is 15. The standard InChI is InChI=1S/2C37H29N3.C33H27N3/c1-3-11-26(12-4-1)28-16-9-18-30(21-28)35-23-36(40-37(39-35)27-13-5-2-6-14-27)31-19-10-17-29(22-31)34-25-38-24-32-15-7-8-20-33(32)34;1-2-10-26(11-3-1)28-14-6-16-30(22-28)35-24-36(31-17-7-15-29(23-31)32-18-9-21-38-25-32)40-37(39-35)34-20-8-13-27-12-4-5-19-33(27)34;1-3-10-24(11-4-1)26-14-7-16-28(20-26)31-22-32(36-33(35-31)25-12-5-2-6-13-25)29-17-8-15-27(21-29)30-18-9-19-34-23-30/h1-5,7-13,15-25,35H,6,14H2,(H,39,40);1-7,9-19,21-25,35H,8,20H2,(H,39,40);1-5,7-12,14-23,31H,6,13H2,(H,35,36)/i;;2D,5D,6D,12D,13D. The van der Waals surface area contributed by atoms with Gasteiger partial charge in [-0.2, -0.15) is 0 Å². The van der Waals surface area contributed by atoms with E-state index in [0.717, 1.165) is 127 Å². The van der Waals surface area contributed by atoms with Crippen LogP contribution in [0.25, 0.3) is 106 Å². The predicted molar refractivity (Wildman–Crippen MR) is 482 cm³/mol. The molecule has 6 aliphatic rings. The van der Waals surface area contributed by atoms with Crippen LogP contribution in [0.2, 0.25) is 0 Å². The molecule has 0 amide bonds. The van der Waals surface area contributed by atoms with Crippen LogP contribution < -0.4 is 26.4 Å². The highest BCUT2D eigenvalue weighted by Crippen LogP contribution is 2.39. The van der Waals surface area contributed by atoms with Gasteiger partial charge in [0, 0.05) is 84.7 Å². The second-order valence-corrected chi connectivity index (χ2v) is 29.1. The van der Waals surface area contributed by atoms with Crippen molar-refractivity contribution in [1.82, 2.24) is 30.9 Å². The Kier molecular flexibility index (Phi) is 20.0. The summed E-state index contributed by atoms with van der Waals surface area (Å²) in [6, 6.07) is 106. The van der Waals surface area contributed by atoms with E-state index in [1.807, 2.05) is 104 Å². The van der Waals surface area contributed by atoms with Crippen LogP contribution in [0, 0.1) is 0 Å². The number of amidine groups is 3. The van der Waals surface area contributed by atoms with Crippen LogP contribution in [-0.2, 0) is 0 Å². The lowest BCUT2D eigenvalue weighted by molar-refractivity contribution is 0.869. The normalized spacial score (nSPS) is 18.7. The number of benzene rings is 11. The highest BCUT2D eigenvalue weighted by Gasteiger charge is 2.26. The Bertz CT molecular complexity index is 6710. The van der Waals surface area contributed by atoms with Crippen molar-refractivity contribution in [1.29, 1.82) is 0 Å². The van der Waals surface area contributed by atoms with Crippen molar-refractivity contribution < 1.29 is 6.85 Å². The van der Waals surface area contributed by atoms with E-state index >= 15 is 0 Å². The van der Waals surface area contributed by atoms with E-state index in [0.29, 0.717) is 0 Å². The number of aliphatic imine (C=N–C) groups is 3. The molecule has 3 aliphatic carbocycles. The Morgan fingerprint density at radius 2 is 0.802 bits per heavy atom. The monoisotopic (exact) mass is 1500 g/mol. The Morgan fingerprint density at radius 3 is 1.34 bits per heavy atom. The summed E-state index contributed by atoms with van der Waals surface area (Å²) in [6.45, 7) is 0. The maximum atomic E-state index is 8.71. The zero-order valence-corrected chi connectivity index (χ0v) is 63.8. The van der Waals surface area contributed by atoms with E-state index < -0.39 is 18.8 Å². The van der Waals surface area contributed by atoms with Crippen LogP contribution >= 0.6 is 0 Å². The molecule has 3 N–H and O–H groups in total. The van der Waals surface area contributed by atoms with Crippen LogP contribution in [0.3, 0.4) is 0 Å². The number of aromatic nitrogens is 3. The average molecular weight is 1500 g/mol. The second kappa shape index (κ2) is 34.6. The minimum Gasteiger partial charge on any atom is -0.340 e. The molecule has 5 unspecified atom stereocenters. The zero-order chi connectivity index (χ0) is 82.0. The lowest BCUT2D eigenvalue weighted by atomic mass is 9.94. The average Bonchev–Trinajstić information content (AvgIpc) is 0.786. The largest absolute Gasteiger partial charge is 0.340 e. The van der Waals surface area contributed by atoms with Crippen LogP contribution in [0.15, 0.2) is 427 Å². The van der Waals surface area contributed by atoms with Crippen molar-refractivity contribution in [3.63, 3.8) is 0 Å². The molecule has 6 heterocycles. The zero-order valence-electron chi connectivity index (χ0n) is 68.8. The molecule has 116 heavy (non-hydrogen) atoms. The van der Waals surface area contributed by atoms with Gasteiger partial charge in [-0.05, 0) is 216 Å². The van der Waals surface area contributed by atoms with Crippen LogP contribution in [0.1, 0.15) is 96.8 Å². The first-order valence-corrected chi connectivity index (χ1v) is 39.5. The van der Waals surface area contributed by atoms with E-state index in [-0.39, 0.29) is 41.6 Å². The summed E-state index contributed by atoms with van der Waals surface area (Å²) in [5, 5.41) is 15.7. The van der Waals surface area contributed by atoms with Crippen molar-refractivity contribution in [2.75, 3.05) is 0 Å². The molecule has 14 aromatic rings. The highest BCUT2D eigenvalue weighted by molar-refractivity contribution is 6.20. The number of allylic oxidation sites excluding steroid dienone is 6. The van der Waals surface area contributed by atoms with Gasteiger partial charge in [0.15, 0.2) is 0 Å². The van der Waals surface area contributed by atoms with Crippen molar-refractivity contribution >= 4 is 57.0 Å². The quantitative estimate of drug-likeness (QED) is 0.0943.